The van der Waals surface area contributed by atoms with Gasteiger partial charge in [0.2, 0.25) is 5.91 Å². The first-order chi connectivity index (χ1) is 8.02. The summed E-state index contributed by atoms with van der Waals surface area (Å²) in [6, 6.07) is 5.43. The molecule has 1 aromatic rings. The van der Waals surface area contributed by atoms with Crippen LogP contribution in [0.3, 0.4) is 0 Å². The van der Waals surface area contributed by atoms with Crippen LogP contribution in [0.25, 0.3) is 0 Å². The van der Waals surface area contributed by atoms with Gasteiger partial charge in [0, 0.05) is 22.3 Å². The summed E-state index contributed by atoms with van der Waals surface area (Å²) in [4.78, 5) is 12.0. The quantitative estimate of drug-likeness (QED) is 0.252. The maximum absolute atomic E-state index is 11.0. The Morgan fingerprint density at radius 3 is 2.88 bits per heavy atom. The summed E-state index contributed by atoms with van der Waals surface area (Å²) >= 11 is 7.69. The van der Waals surface area contributed by atoms with E-state index in [1.165, 1.54) is 0 Å². The Morgan fingerprint density at radius 1 is 1.59 bits per heavy atom. The maximum atomic E-state index is 11.0. The number of halogens is 1. The molecule has 0 aliphatic carbocycles. The average molecular weight is 274 g/mol. The Kier molecular flexibility index (Phi) is 5.61. The van der Waals surface area contributed by atoms with Gasteiger partial charge in [-0.1, -0.05) is 18.5 Å². The fourth-order valence-corrected chi connectivity index (χ4v) is 2.60. The van der Waals surface area contributed by atoms with Crippen molar-refractivity contribution in [1.29, 1.82) is 0 Å². The Bertz CT molecular complexity index is 400. The van der Waals surface area contributed by atoms with Crippen LogP contribution in [0.5, 0.6) is 0 Å². The molecule has 5 N–H and O–H groups in total. The van der Waals surface area contributed by atoms with Gasteiger partial charge in [0.15, 0.2) is 0 Å². The summed E-state index contributed by atoms with van der Waals surface area (Å²) in [5.74, 6) is 4.86. The number of hydrogen-bond acceptors (Lipinski definition) is 4. The van der Waals surface area contributed by atoms with Crippen LogP contribution in [-0.2, 0) is 4.79 Å². The number of benzene rings is 1. The van der Waals surface area contributed by atoms with Crippen molar-refractivity contribution in [1.82, 2.24) is 5.43 Å². The van der Waals surface area contributed by atoms with Crippen molar-refractivity contribution in [3.8, 4) is 0 Å². The Morgan fingerprint density at radius 2 is 2.29 bits per heavy atom. The van der Waals surface area contributed by atoms with Crippen LogP contribution in [0.2, 0.25) is 5.02 Å². The van der Waals surface area contributed by atoms with Crippen LogP contribution in [-0.4, -0.2) is 11.2 Å². The van der Waals surface area contributed by atoms with Crippen LogP contribution in [0, 0.1) is 0 Å². The van der Waals surface area contributed by atoms with Gasteiger partial charge in [-0.2, -0.15) is 0 Å². The van der Waals surface area contributed by atoms with Crippen LogP contribution in [0.15, 0.2) is 23.1 Å². The second-order valence-electron chi connectivity index (χ2n) is 3.72. The molecule has 0 spiro atoms. The summed E-state index contributed by atoms with van der Waals surface area (Å²) in [6.07, 6.45) is 1.16. The molecule has 1 amide bonds. The number of nitrogen functional groups attached to an aromatic ring is 1. The number of carbonyl (C=O) groups excluding carboxylic acids is 1. The minimum atomic E-state index is -0.152. The van der Waals surface area contributed by atoms with Crippen molar-refractivity contribution in [2.45, 2.75) is 29.9 Å². The van der Waals surface area contributed by atoms with E-state index < -0.39 is 0 Å². The minimum Gasteiger partial charge on any atom is -0.399 e. The molecule has 0 aliphatic rings. The lowest BCUT2D eigenvalue weighted by Gasteiger charge is -2.12. The van der Waals surface area contributed by atoms with Gasteiger partial charge in [0.25, 0.3) is 0 Å². The molecule has 1 rings (SSSR count). The second-order valence-corrected chi connectivity index (χ2v) is 5.61. The molecule has 0 saturated carbocycles. The largest absolute Gasteiger partial charge is 0.399 e. The molecule has 0 aromatic heterocycles. The van der Waals surface area contributed by atoms with E-state index in [2.05, 4.69) is 5.43 Å². The van der Waals surface area contributed by atoms with E-state index >= 15 is 0 Å². The van der Waals surface area contributed by atoms with E-state index in [1.54, 1.807) is 17.8 Å². The van der Waals surface area contributed by atoms with E-state index in [9.17, 15) is 4.79 Å². The molecule has 4 nitrogen and oxygen atoms in total. The van der Waals surface area contributed by atoms with Gasteiger partial charge in [0.1, 0.15) is 0 Å². The highest BCUT2D eigenvalue weighted by molar-refractivity contribution is 8.00. The fourth-order valence-electron chi connectivity index (χ4n) is 1.29. The van der Waals surface area contributed by atoms with Crippen molar-refractivity contribution in [3.05, 3.63) is 23.2 Å². The van der Waals surface area contributed by atoms with Gasteiger partial charge in [-0.25, -0.2) is 5.84 Å². The zero-order valence-corrected chi connectivity index (χ0v) is 11.1. The lowest BCUT2D eigenvalue weighted by atomic mass is 10.2. The summed E-state index contributed by atoms with van der Waals surface area (Å²) in [5.41, 5.74) is 8.37. The summed E-state index contributed by atoms with van der Waals surface area (Å²) in [7, 11) is 0. The number of nitrogens with two attached hydrogens (primary N) is 2. The van der Waals surface area contributed by atoms with Crippen LogP contribution < -0.4 is 17.0 Å². The molecule has 0 heterocycles. The van der Waals surface area contributed by atoms with Gasteiger partial charge in [0.05, 0.1) is 5.02 Å². The Hall–Kier alpha value is -0.910. The van der Waals surface area contributed by atoms with Gasteiger partial charge in [-0.15, -0.1) is 11.8 Å². The zero-order chi connectivity index (χ0) is 12.8. The summed E-state index contributed by atoms with van der Waals surface area (Å²) in [6.45, 7) is 2.04. The minimum absolute atomic E-state index is 0.152. The van der Waals surface area contributed by atoms with Crippen molar-refractivity contribution < 1.29 is 4.79 Å². The highest BCUT2D eigenvalue weighted by Gasteiger charge is 2.09. The van der Waals surface area contributed by atoms with E-state index in [4.69, 9.17) is 23.2 Å². The fraction of sp³-hybridized carbons (Fsp3) is 0.364. The number of thioether (sulfide) groups is 1. The molecule has 0 aliphatic heterocycles. The maximum Gasteiger partial charge on any atom is 0.233 e. The average Bonchev–Trinajstić information content (AvgIpc) is 2.29. The lowest BCUT2D eigenvalue weighted by Crippen LogP contribution is -2.30. The molecule has 0 fully saturated rings. The first-order valence-corrected chi connectivity index (χ1v) is 6.50. The van der Waals surface area contributed by atoms with E-state index in [0.29, 0.717) is 17.1 Å². The standard InChI is InChI=1S/C11H16ClN3OS/c1-7(2-5-11(16)15-14)17-10-4-3-8(13)6-9(10)12/h3-4,6-7H,2,5,13-14H2,1H3,(H,15,16). The normalized spacial score (nSPS) is 12.2. The van der Waals surface area contributed by atoms with Gasteiger partial charge in [-0.3, -0.25) is 10.2 Å². The highest BCUT2D eigenvalue weighted by Crippen LogP contribution is 2.33. The van der Waals surface area contributed by atoms with Crippen molar-refractivity contribution in [2.24, 2.45) is 5.84 Å². The molecule has 1 atom stereocenters. The monoisotopic (exact) mass is 273 g/mol. The number of hydrazine groups is 1. The predicted molar refractivity (Wildman–Crippen MR) is 72.7 cm³/mol. The molecule has 0 radical (unpaired) electrons. The molecule has 0 bridgehead atoms. The first-order valence-electron chi connectivity index (χ1n) is 5.24. The summed E-state index contributed by atoms with van der Waals surface area (Å²) < 4.78 is 0. The third-order valence-electron chi connectivity index (χ3n) is 2.22. The first kappa shape index (κ1) is 14.2. The molecule has 94 valence electrons. The van der Waals surface area contributed by atoms with Crippen LogP contribution in [0.1, 0.15) is 19.8 Å². The van der Waals surface area contributed by atoms with Crippen molar-refractivity contribution in [2.75, 3.05) is 5.73 Å². The van der Waals surface area contributed by atoms with Crippen molar-refractivity contribution >= 4 is 35.0 Å². The number of nitrogens with one attached hydrogen (secondary N) is 1. The number of amides is 1. The molecular weight excluding hydrogens is 258 g/mol. The van der Waals surface area contributed by atoms with Gasteiger partial charge in [-0.05, 0) is 24.6 Å². The topological polar surface area (TPSA) is 81.1 Å². The van der Waals surface area contributed by atoms with E-state index in [-0.39, 0.29) is 11.2 Å². The van der Waals surface area contributed by atoms with Crippen LogP contribution in [0.4, 0.5) is 5.69 Å². The zero-order valence-electron chi connectivity index (χ0n) is 9.57. The van der Waals surface area contributed by atoms with Gasteiger partial charge < -0.3 is 5.73 Å². The number of hydrogen-bond donors (Lipinski definition) is 3. The molecule has 17 heavy (non-hydrogen) atoms. The molecule has 1 aromatic carbocycles. The second kappa shape index (κ2) is 6.74. The van der Waals surface area contributed by atoms with Crippen molar-refractivity contribution in [3.63, 3.8) is 0 Å². The van der Waals surface area contributed by atoms with E-state index in [1.807, 2.05) is 19.1 Å². The third kappa shape index (κ3) is 4.85. The SMILES string of the molecule is CC(CCC(=O)NN)Sc1ccc(N)cc1Cl. The van der Waals surface area contributed by atoms with E-state index in [0.717, 1.165) is 11.3 Å². The Labute approximate surface area is 110 Å². The summed E-state index contributed by atoms with van der Waals surface area (Å²) in [5, 5.41) is 0.929. The highest BCUT2D eigenvalue weighted by atomic mass is 35.5. The molecule has 1 unspecified atom stereocenters. The molecule has 0 saturated heterocycles. The lowest BCUT2D eigenvalue weighted by molar-refractivity contribution is -0.121. The number of anilines is 1. The number of carbonyl (C=O) groups is 1. The molecular formula is C11H16ClN3OS. The molecule has 6 heteroatoms. The smallest absolute Gasteiger partial charge is 0.233 e. The van der Waals surface area contributed by atoms with Gasteiger partial charge >= 0.3 is 0 Å². The van der Waals surface area contributed by atoms with Crippen LogP contribution >= 0.6 is 23.4 Å². The predicted octanol–water partition coefficient (Wildman–Crippen LogP) is 2.17. The Balaban J connectivity index is 2.50. The third-order valence-corrected chi connectivity index (χ3v) is 3.90. The number of rotatable bonds is 5.